The van der Waals surface area contributed by atoms with Crippen LogP contribution in [-0.4, -0.2) is 32.4 Å². The maximum Gasteiger partial charge on any atom is 0.450 e. The van der Waals surface area contributed by atoms with Gasteiger partial charge in [0.15, 0.2) is 18.1 Å². The molecule has 0 amide bonds. The smallest absolute Gasteiger partial charge is 0.450 e. The van der Waals surface area contributed by atoms with Crippen LogP contribution in [0.4, 0.5) is 13.2 Å². The Kier molecular flexibility index (Phi) is 5.68. The number of carbonyl (C=O) groups is 1. The Morgan fingerprint density at radius 3 is 2.53 bits per heavy atom. The molecule has 0 saturated carbocycles. The number of esters is 1. The van der Waals surface area contributed by atoms with Crippen molar-refractivity contribution < 1.29 is 41.3 Å². The van der Waals surface area contributed by atoms with Gasteiger partial charge in [0.1, 0.15) is 24.5 Å². The van der Waals surface area contributed by atoms with Crippen molar-refractivity contribution in [2.24, 2.45) is 0 Å². The van der Waals surface area contributed by atoms with Gasteiger partial charge in [-0.1, -0.05) is 6.07 Å². The molecule has 0 radical (unpaired) electrons. The summed E-state index contributed by atoms with van der Waals surface area (Å²) in [5, 5.41) is -0.0774. The third-order valence-electron chi connectivity index (χ3n) is 4.61. The van der Waals surface area contributed by atoms with E-state index in [-0.39, 0.29) is 41.2 Å². The predicted octanol–water partition coefficient (Wildman–Crippen LogP) is 4.19. The Labute approximate surface area is 179 Å². The van der Waals surface area contributed by atoms with Crippen LogP contribution in [0.15, 0.2) is 45.6 Å². The number of hydrogen-bond acceptors (Lipinski definition) is 7. The van der Waals surface area contributed by atoms with E-state index in [9.17, 15) is 22.8 Å². The first-order chi connectivity index (χ1) is 15.3. The number of ether oxygens (including phenoxy) is 4. The van der Waals surface area contributed by atoms with Crippen molar-refractivity contribution in [1.82, 2.24) is 0 Å². The number of rotatable bonds is 5. The molecule has 2 heterocycles. The molecule has 168 valence electrons. The molecule has 0 aliphatic carbocycles. The minimum absolute atomic E-state index is 0.0140. The van der Waals surface area contributed by atoms with Gasteiger partial charge >= 0.3 is 12.1 Å². The third kappa shape index (κ3) is 4.20. The normalized spacial score (nSPS) is 13.1. The standard InChI is InChI=1S/C22H17F3O7/c1-2-28-18(26)11-31-13-4-5-14-16(10-13)32-21(22(23,24)25)19(20(14)27)12-3-6-15-17(9-12)30-8-7-29-15/h3-6,9-10H,2,7-8,11H2,1H3. The first-order valence-electron chi connectivity index (χ1n) is 9.64. The van der Waals surface area contributed by atoms with Crippen LogP contribution in [0, 0.1) is 0 Å². The highest BCUT2D eigenvalue weighted by atomic mass is 19.4. The fraction of sp³-hybridized carbons (Fsp3) is 0.273. The summed E-state index contributed by atoms with van der Waals surface area (Å²) in [4.78, 5) is 24.5. The minimum Gasteiger partial charge on any atom is -0.486 e. The SMILES string of the molecule is CCOC(=O)COc1ccc2c(=O)c(-c3ccc4c(c3)OCCO4)c(C(F)(F)F)oc2c1. The molecule has 0 bridgehead atoms. The summed E-state index contributed by atoms with van der Waals surface area (Å²) in [7, 11) is 0. The van der Waals surface area contributed by atoms with Gasteiger partial charge in [0, 0.05) is 6.07 Å². The van der Waals surface area contributed by atoms with Crippen molar-refractivity contribution in [2.75, 3.05) is 26.4 Å². The minimum atomic E-state index is -4.95. The van der Waals surface area contributed by atoms with E-state index in [1.807, 2.05) is 0 Å². The summed E-state index contributed by atoms with van der Waals surface area (Å²) in [6.07, 6.45) is -4.95. The second-order valence-corrected chi connectivity index (χ2v) is 6.74. The van der Waals surface area contributed by atoms with E-state index >= 15 is 0 Å². The largest absolute Gasteiger partial charge is 0.486 e. The Balaban J connectivity index is 1.81. The fourth-order valence-electron chi connectivity index (χ4n) is 3.27. The monoisotopic (exact) mass is 450 g/mol. The lowest BCUT2D eigenvalue weighted by Crippen LogP contribution is -2.18. The summed E-state index contributed by atoms with van der Waals surface area (Å²) in [5.74, 6) is -1.42. The van der Waals surface area contributed by atoms with E-state index in [0.717, 1.165) is 6.07 Å². The van der Waals surface area contributed by atoms with Gasteiger partial charge < -0.3 is 23.4 Å². The molecule has 1 aromatic heterocycles. The zero-order valence-corrected chi connectivity index (χ0v) is 16.8. The summed E-state index contributed by atoms with van der Waals surface area (Å²) in [6.45, 7) is 1.90. The highest BCUT2D eigenvalue weighted by molar-refractivity contribution is 5.84. The van der Waals surface area contributed by atoms with E-state index in [0.29, 0.717) is 12.4 Å². The number of hydrogen-bond donors (Lipinski definition) is 0. The third-order valence-corrected chi connectivity index (χ3v) is 4.61. The molecule has 10 heteroatoms. The van der Waals surface area contributed by atoms with Crippen LogP contribution in [0.25, 0.3) is 22.1 Å². The number of fused-ring (bicyclic) bond motifs is 2. The van der Waals surface area contributed by atoms with E-state index in [1.54, 1.807) is 6.92 Å². The Morgan fingerprint density at radius 1 is 1.06 bits per heavy atom. The topological polar surface area (TPSA) is 84.2 Å². The second-order valence-electron chi connectivity index (χ2n) is 6.74. The molecular weight excluding hydrogens is 433 g/mol. The highest BCUT2D eigenvalue weighted by Gasteiger charge is 2.39. The average Bonchev–Trinajstić information content (AvgIpc) is 2.76. The molecule has 1 aliphatic rings. The fourth-order valence-corrected chi connectivity index (χ4v) is 3.27. The molecule has 0 unspecified atom stereocenters. The first-order valence-corrected chi connectivity index (χ1v) is 9.64. The van der Waals surface area contributed by atoms with Gasteiger partial charge in [-0.2, -0.15) is 13.2 Å². The van der Waals surface area contributed by atoms with E-state index in [1.165, 1.54) is 30.3 Å². The molecular formula is C22H17F3O7. The van der Waals surface area contributed by atoms with Crippen molar-refractivity contribution >= 4 is 16.9 Å². The van der Waals surface area contributed by atoms with Gasteiger partial charge in [0.2, 0.25) is 11.2 Å². The quantitative estimate of drug-likeness (QED) is 0.539. The summed E-state index contributed by atoms with van der Waals surface area (Å²) in [5.41, 5.74) is -1.85. The van der Waals surface area contributed by atoms with Crippen LogP contribution in [0.5, 0.6) is 17.2 Å². The molecule has 1 aliphatic heterocycles. The Morgan fingerprint density at radius 2 is 1.81 bits per heavy atom. The Hall–Kier alpha value is -3.69. The van der Waals surface area contributed by atoms with Gasteiger partial charge in [-0.3, -0.25) is 4.79 Å². The average molecular weight is 450 g/mol. The summed E-state index contributed by atoms with van der Waals surface area (Å²) >= 11 is 0. The van der Waals surface area contributed by atoms with E-state index in [4.69, 9.17) is 23.4 Å². The molecule has 0 fully saturated rings. The molecule has 0 spiro atoms. The predicted molar refractivity (Wildman–Crippen MR) is 106 cm³/mol. The van der Waals surface area contributed by atoms with Gasteiger partial charge in [0.05, 0.1) is 17.6 Å². The van der Waals surface area contributed by atoms with Crippen LogP contribution < -0.4 is 19.6 Å². The zero-order valence-electron chi connectivity index (χ0n) is 16.8. The van der Waals surface area contributed by atoms with Gasteiger partial charge in [-0.15, -0.1) is 0 Å². The Bertz CT molecular complexity index is 1230. The molecule has 2 aromatic carbocycles. The molecule has 0 N–H and O–H groups in total. The van der Waals surface area contributed by atoms with Crippen molar-refractivity contribution in [3.8, 4) is 28.4 Å². The number of halogens is 3. The number of benzene rings is 2. The lowest BCUT2D eigenvalue weighted by molar-refractivity contribution is -0.152. The van der Waals surface area contributed by atoms with Crippen molar-refractivity contribution in [3.05, 3.63) is 52.4 Å². The van der Waals surface area contributed by atoms with E-state index < -0.39 is 35.5 Å². The van der Waals surface area contributed by atoms with Crippen molar-refractivity contribution in [2.45, 2.75) is 13.1 Å². The van der Waals surface area contributed by atoms with Crippen LogP contribution in [0.2, 0.25) is 0 Å². The molecule has 0 atom stereocenters. The first kappa shape index (κ1) is 21.5. The van der Waals surface area contributed by atoms with Crippen LogP contribution >= 0.6 is 0 Å². The second kappa shape index (κ2) is 8.45. The zero-order chi connectivity index (χ0) is 22.9. The van der Waals surface area contributed by atoms with E-state index in [2.05, 4.69) is 0 Å². The molecule has 32 heavy (non-hydrogen) atoms. The maximum atomic E-state index is 13.8. The molecule has 0 saturated heterocycles. The maximum absolute atomic E-state index is 13.8. The van der Waals surface area contributed by atoms with Crippen LogP contribution in [0.3, 0.4) is 0 Å². The molecule has 4 rings (SSSR count). The molecule has 3 aromatic rings. The van der Waals surface area contributed by atoms with Gasteiger partial charge in [-0.05, 0) is 36.8 Å². The molecule has 7 nitrogen and oxygen atoms in total. The van der Waals surface area contributed by atoms with Gasteiger partial charge in [-0.25, -0.2) is 4.79 Å². The summed E-state index contributed by atoms with van der Waals surface area (Å²) < 4.78 is 67.4. The van der Waals surface area contributed by atoms with Gasteiger partial charge in [0.25, 0.3) is 0 Å². The number of alkyl halides is 3. The lowest BCUT2D eigenvalue weighted by Gasteiger charge is -2.19. The van der Waals surface area contributed by atoms with Crippen molar-refractivity contribution in [3.63, 3.8) is 0 Å². The number of carbonyl (C=O) groups excluding carboxylic acids is 1. The highest BCUT2D eigenvalue weighted by Crippen LogP contribution is 2.40. The summed E-state index contributed by atoms with van der Waals surface area (Å²) in [6, 6.07) is 7.87. The van der Waals surface area contributed by atoms with Crippen molar-refractivity contribution in [1.29, 1.82) is 0 Å². The van der Waals surface area contributed by atoms with Crippen LogP contribution in [-0.2, 0) is 15.7 Å². The lowest BCUT2D eigenvalue weighted by atomic mass is 10.0. The van der Waals surface area contributed by atoms with Crippen LogP contribution in [0.1, 0.15) is 12.7 Å².